The largest absolute Gasteiger partial charge is 0.340 e. The maximum atomic E-state index is 13.1. The van der Waals surface area contributed by atoms with Crippen LogP contribution < -0.4 is 5.32 Å². The third-order valence-electron chi connectivity index (χ3n) is 3.97. The first kappa shape index (κ1) is 17.5. The van der Waals surface area contributed by atoms with Crippen molar-refractivity contribution in [3.8, 4) is 0 Å². The number of carbonyl (C=O) groups excluding carboxylic acids is 2. The Hall–Kier alpha value is -3.28. The quantitative estimate of drug-likeness (QED) is 0.557. The number of hydrogen-bond donors (Lipinski definition) is 1. The van der Waals surface area contributed by atoms with E-state index in [1.165, 1.54) is 30.3 Å². The molecule has 0 fully saturated rings. The molecule has 0 unspecified atom stereocenters. The van der Waals surface area contributed by atoms with Crippen LogP contribution in [0.1, 0.15) is 21.6 Å². The van der Waals surface area contributed by atoms with Crippen LogP contribution in [0.2, 0.25) is 0 Å². The van der Waals surface area contributed by atoms with Gasteiger partial charge in [0.25, 0.3) is 11.7 Å². The number of hydrogen-bond acceptors (Lipinski definition) is 2. The average molecular weight is 354 g/mol. The predicted octanol–water partition coefficient (Wildman–Crippen LogP) is 3.94. The van der Waals surface area contributed by atoms with Crippen molar-refractivity contribution < 1.29 is 18.4 Å². The maximum Gasteiger partial charge on any atom is 0.298 e. The molecule has 1 amide bonds. The van der Waals surface area contributed by atoms with Crippen molar-refractivity contribution in [3.63, 3.8) is 0 Å². The van der Waals surface area contributed by atoms with Crippen molar-refractivity contribution in [1.29, 1.82) is 0 Å². The van der Waals surface area contributed by atoms with Crippen LogP contribution in [0.5, 0.6) is 0 Å². The second kappa shape index (κ2) is 7.31. The van der Waals surface area contributed by atoms with Gasteiger partial charge >= 0.3 is 0 Å². The summed E-state index contributed by atoms with van der Waals surface area (Å²) in [6, 6.07) is 13.0. The lowest BCUT2D eigenvalue weighted by atomic mass is 10.1. The van der Waals surface area contributed by atoms with E-state index < -0.39 is 17.5 Å². The summed E-state index contributed by atoms with van der Waals surface area (Å²) < 4.78 is 27.8. The van der Waals surface area contributed by atoms with E-state index in [-0.39, 0.29) is 11.5 Å². The molecule has 0 aliphatic carbocycles. The number of nitrogens with one attached hydrogen (secondary N) is 1. The van der Waals surface area contributed by atoms with Gasteiger partial charge in [-0.2, -0.15) is 0 Å². The van der Waals surface area contributed by atoms with E-state index in [2.05, 4.69) is 5.32 Å². The third-order valence-corrected chi connectivity index (χ3v) is 3.97. The number of Topliss-reactive ketones (excluding diaryl/α,β-unsaturated/α-hetero) is 1. The molecular formula is C20H16F2N2O2. The zero-order valence-corrected chi connectivity index (χ0v) is 14.0. The van der Waals surface area contributed by atoms with Crippen LogP contribution in [-0.2, 0) is 11.3 Å². The summed E-state index contributed by atoms with van der Waals surface area (Å²) in [6.45, 7) is 1.97. The molecule has 0 saturated carbocycles. The van der Waals surface area contributed by atoms with Gasteiger partial charge in [-0.3, -0.25) is 9.59 Å². The molecule has 132 valence electrons. The highest BCUT2D eigenvalue weighted by molar-refractivity contribution is 6.46. The monoisotopic (exact) mass is 354 g/mol. The number of halogens is 2. The highest BCUT2D eigenvalue weighted by Gasteiger charge is 2.20. The second-order valence-corrected chi connectivity index (χ2v) is 5.89. The Morgan fingerprint density at radius 1 is 1.00 bits per heavy atom. The number of ketones is 1. The van der Waals surface area contributed by atoms with Crippen LogP contribution in [-0.4, -0.2) is 16.3 Å². The number of benzene rings is 2. The highest BCUT2D eigenvalue weighted by atomic mass is 19.1. The summed E-state index contributed by atoms with van der Waals surface area (Å²) in [7, 11) is 0. The van der Waals surface area contributed by atoms with Gasteiger partial charge in [0.05, 0.1) is 5.69 Å². The normalized spacial score (nSPS) is 10.6. The fourth-order valence-corrected chi connectivity index (χ4v) is 2.61. The van der Waals surface area contributed by atoms with E-state index in [0.29, 0.717) is 17.8 Å². The standard InChI is InChI=1S/C20H16F2N2O2/c1-13-11-16(22)8-9-17(13)23-20(26)19(25)18-3-2-10-24(18)12-14-4-6-15(21)7-5-14/h2-11H,12H2,1H3,(H,23,26). The van der Waals surface area contributed by atoms with Gasteiger partial charge in [0.15, 0.2) is 0 Å². The van der Waals surface area contributed by atoms with Crippen LogP contribution >= 0.6 is 0 Å². The van der Waals surface area contributed by atoms with Gasteiger partial charge in [0.1, 0.15) is 11.6 Å². The fourth-order valence-electron chi connectivity index (χ4n) is 2.61. The summed E-state index contributed by atoms with van der Waals surface area (Å²) in [5.41, 5.74) is 1.91. The van der Waals surface area contributed by atoms with E-state index in [0.717, 1.165) is 5.56 Å². The molecule has 0 radical (unpaired) electrons. The minimum absolute atomic E-state index is 0.214. The number of anilines is 1. The number of nitrogens with zero attached hydrogens (tertiary/aromatic N) is 1. The van der Waals surface area contributed by atoms with Gasteiger partial charge in [-0.25, -0.2) is 8.78 Å². The van der Waals surface area contributed by atoms with Gasteiger partial charge in [0.2, 0.25) is 0 Å². The molecule has 26 heavy (non-hydrogen) atoms. The van der Waals surface area contributed by atoms with E-state index in [4.69, 9.17) is 0 Å². The van der Waals surface area contributed by atoms with Crippen LogP contribution in [0, 0.1) is 18.6 Å². The third kappa shape index (κ3) is 3.85. The molecule has 3 rings (SSSR count). The molecule has 1 heterocycles. The van der Waals surface area contributed by atoms with Crippen LogP contribution in [0.4, 0.5) is 14.5 Å². The summed E-state index contributed by atoms with van der Waals surface area (Å²) in [5, 5.41) is 2.51. The first-order chi connectivity index (χ1) is 12.4. The van der Waals surface area contributed by atoms with Crippen LogP contribution in [0.15, 0.2) is 60.8 Å². The Kier molecular flexibility index (Phi) is 4.93. The predicted molar refractivity (Wildman–Crippen MR) is 94.0 cm³/mol. The number of rotatable bonds is 5. The summed E-state index contributed by atoms with van der Waals surface area (Å²) in [4.78, 5) is 24.8. The summed E-state index contributed by atoms with van der Waals surface area (Å²) >= 11 is 0. The Labute approximate surface area is 149 Å². The Balaban J connectivity index is 1.76. The topological polar surface area (TPSA) is 51.1 Å². The molecule has 3 aromatic rings. The highest BCUT2D eigenvalue weighted by Crippen LogP contribution is 2.17. The van der Waals surface area contributed by atoms with Crippen molar-refractivity contribution >= 4 is 17.4 Å². The van der Waals surface area contributed by atoms with E-state index in [1.54, 1.807) is 42.0 Å². The van der Waals surface area contributed by atoms with Gasteiger partial charge in [-0.05, 0) is 60.5 Å². The molecule has 2 aromatic carbocycles. The first-order valence-electron chi connectivity index (χ1n) is 7.95. The molecule has 0 spiro atoms. The molecular weight excluding hydrogens is 338 g/mol. The number of aromatic nitrogens is 1. The molecule has 6 heteroatoms. The molecule has 4 nitrogen and oxygen atoms in total. The van der Waals surface area contributed by atoms with Crippen molar-refractivity contribution in [2.24, 2.45) is 0 Å². The molecule has 0 bridgehead atoms. The van der Waals surface area contributed by atoms with E-state index in [1.807, 2.05) is 0 Å². The average Bonchev–Trinajstić information content (AvgIpc) is 3.06. The van der Waals surface area contributed by atoms with Crippen LogP contribution in [0.3, 0.4) is 0 Å². The molecule has 0 saturated heterocycles. The lowest BCUT2D eigenvalue weighted by molar-refractivity contribution is -0.112. The van der Waals surface area contributed by atoms with Crippen molar-refractivity contribution in [2.45, 2.75) is 13.5 Å². The van der Waals surface area contributed by atoms with Gasteiger partial charge in [-0.15, -0.1) is 0 Å². The number of amides is 1. The molecule has 1 N–H and O–H groups in total. The van der Waals surface area contributed by atoms with Crippen LogP contribution in [0.25, 0.3) is 0 Å². The fraction of sp³-hybridized carbons (Fsp3) is 0.100. The Bertz CT molecular complexity index is 962. The Morgan fingerprint density at radius 2 is 1.69 bits per heavy atom. The SMILES string of the molecule is Cc1cc(F)ccc1NC(=O)C(=O)c1cccn1Cc1ccc(F)cc1. The molecule has 1 aromatic heterocycles. The minimum Gasteiger partial charge on any atom is -0.340 e. The molecule has 0 atom stereocenters. The minimum atomic E-state index is -0.807. The second-order valence-electron chi connectivity index (χ2n) is 5.89. The maximum absolute atomic E-state index is 13.1. The van der Waals surface area contributed by atoms with Crippen molar-refractivity contribution in [3.05, 3.63) is 89.2 Å². The Morgan fingerprint density at radius 3 is 2.38 bits per heavy atom. The smallest absolute Gasteiger partial charge is 0.298 e. The zero-order chi connectivity index (χ0) is 18.7. The van der Waals surface area contributed by atoms with Gasteiger partial charge < -0.3 is 9.88 Å². The number of carbonyl (C=O) groups is 2. The van der Waals surface area contributed by atoms with Crippen molar-refractivity contribution in [1.82, 2.24) is 4.57 Å². The lowest BCUT2D eigenvalue weighted by Crippen LogP contribution is -2.25. The van der Waals surface area contributed by atoms with E-state index >= 15 is 0 Å². The molecule has 0 aliphatic heterocycles. The van der Waals surface area contributed by atoms with Gasteiger partial charge in [0, 0.05) is 18.4 Å². The zero-order valence-electron chi connectivity index (χ0n) is 14.0. The molecule has 0 aliphatic rings. The first-order valence-corrected chi connectivity index (χ1v) is 7.95. The van der Waals surface area contributed by atoms with Gasteiger partial charge in [-0.1, -0.05) is 12.1 Å². The van der Waals surface area contributed by atoms with Crippen molar-refractivity contribution in [2.75, 3.05) is 5.32 Å². The lowest BCUT2D eigenvalue weighted by Gasteiger charge is -2.10. The summed E-state index contributed by atoms with van der Waals surface area (Å²) in [6.07, 6.45) is 1.67. The summed E-state index contributed by atoms with van der Waals surface area (Å²) in [5.74, 6) is -2.27. The van der Waals surface area contributed by atoms with E-state index in [9.17, 15) is 18.4 Å². The number of aryl methyl sites for hydroxylation is 1.